The van der Waals surface area contributed by atoms with E-state index < -0.39 is 0 Å². The van der Waals surface area contributed by atoms with Gasteiger partial charge in [0.25, 0.3) is 0 Å². The van der Waals surface area contributed by atoms with Crippen LogP contribution in [0.15, 0.2) is 21.9 Å². The molecule has 1 unspecified atom stereocenters. The summed E-state index contributed by atoms with van der Waals surface area (Å²) in [6.45, 7) is 0.808. The molecule has 0 saturated heterocycles. The second-order valence-electron chi connectivity index (χ2n) is 2.60. The molecule has 1 aromatic rings. The van der Waals surface area contributed by atoms with Gasteiger partial charge in [-0.3, -0.25) is 0 Å². The number of hydrogen-bond acceptors (Lipinski definition) is 2. The highest BCUT2D eigenvalue weighted by molar-refractivity contribution is 9.10. The van der Waals surface area contributed by atoms with Crippen molar-refractivity contribution in [3.63, 3.8) is 0 Å². The molecule has 2 heterocycles. The Bertz CT molecular complexity index is 345. The van der Waals surface area contributed by atoms with Crippen LogP contribution in [0, 0.1) is 0 Å². The van der Waals surface area contributed by atoms with E-state index in [1.165, 1.54) is 0 Å². The third-order valence-electron chi connectivity index (χ3n) is 1.94. The van der Waals surface area contributed by atoms with E-state index in [-0.39, 0.29) is 4.83 Å². The third-order valence-corrected chi connectivity index (χ3v) is 3.35. The number of hydrogen-bond donors (Lipinski definition) is 1. The maximum atomic E-state index is 8.72. The van der Waals surface area contributed by atoms with Gasteiger partial charge < -0.3 is 9.77 Å². The highest BCUT2D eigenvalue weighted by Crippen LogP contribution is 2.27. The van der Waals surface area contributed by atoms with Gasteiger partial charge >= 0.3 is 0 Å². The van der Waals surface area contributed by atoms with Crippen molar-refractivity contribution in [2.75, 3.05) is 0 Å². The van der Waals surface area contributed by atoms with Crippen molar-refractivity contribution in [3.8, 4) is 0 Å². The molecule has 1 aliphatic heterocycles. The zero-order valence-electron chi connectivity index (χ0n) is 6.04. The van der Waals surface area contributed by atoms with Crippen LogP contribution in [-0.4, -0.2) is 20.3 Å². The van der Waals surface area contributed by atoms with Crippen LogP contribution < -0.4 is 0 Å². The molecule has 1 N–H and O–H groups in total. The molecule has 12 heavy (non-hydrogen) atoms. The molecule has 1 aromatic heterocycles. The number of alkyl halides is 1. The van der Waals surface area contributed by atoms with E-state index in [0.717, 1.165) is 16.8 Å². The Morgan fingerprint density at radius 3 is 3.00 bits per heavy atom. The number of rotatable bonds is 0. The summed E-state index contributed by atoms with van der Waals surface area (Å²) in [5, 5.41) is 12.0. The highest BCUT2D eigenvalue weighted by atomic mass is 79.9. The van der Waals surface area contributed by atoms with E-state index >= 15 is 0 Å². The monoisotopic (exact) mass is 292 g/mol. The van der Waals surface area contributed by atoms with Gasteiger partial charge in [0.1, 0.15) is 5.71 Å². The first-order valence-corrected chi connectivity index (χ1v) is 5.16. The lowest BCUT2D eigenvalue weighted by Gasteiger charge is -1.97. The second-order valence-corrected chi connectivity index (χ2v) is 4.52. The molecule has 0 fully saturated rings. The predicted octanol–water partition coefficient (Wildman–Crippen LogP) is 2.21. The maximum absolute atomic E-state index is 8.72. The first-order chi connectivity index (χ1) is 5.74. The molecule has 64 valence electrons. The fourth-order valence-corrected chi connectivity index (χ4v) is 2.46. The minimum absolute atomic E-state index is 0.120. The summed E-state index contributed by atoms with van der Waals surface area (Å²) >= 11 is 6.83. The Labute approximate surface area is 86.3 Å². The second kappa shape index (κ2) is 2.88. The fraction of sp³-hybridized carbons (Fsp3) is 0.286. The Balaban J connectivity index is 2.55. The highest BCUT2D eigenvalue weighted by Gasteiger charge is 2.28. The zero-order valence-corrected chi connectivity index (χ0v) is 9.21. The average Bonchev–Trinajstić information content (AvgIpc) is 2.52. The van der Waals surface area contributed by atoms with Crippen molar-refractivity contribution in [1.82, 2.24) is 4.57 Å². The van der Waals surface area contributed by atoms with Crippen LogP contribution in [0.4, 0.5) is 0 Å². The van der Waals surface area contributed by atoms with Crippen LogP contribution >= 0.6 is 31.9 Å². The van der Waals surface area contributed by atoms with Crippen LogP contribution in [0.2, 0.25) is 0 Å². The van der Waals surface area contributed by atoms with Gasteiger partial charge in [-0.2, -0.15) is 0 Å². The van der Waals surface area contributed by atoms with Gasteiger partial charge in [0.15, 0.2) is 0 Å². The van der Waals surface area contributed by atoms with Crippen LogP contribution in [0.1, 0.15) is 5.69 Å². The number of nitrogens with zero attached hydrogens (tertiary/aromatic N) is 2. The maximum Gasteiger partial charge on any atom is 0.119 e. The largest absolute Gasteiger partial charge is 0.411 e. The summed E-state index contributed by atoms with van der Waals surface area (Å²) in [6, 6.07) is 3.87. The number of oxime groups is 1. The van der Waals surface area contributed by atoms with Gasteiger partial charge in [-0.05, 0) is 28.1 Å². The minimum atomic E-state index is 0.120. The van der Waals surface area contributed by atoms with Crippen LogP contribution in [-0.2, 0) is 6.54 Å². The summed E-state index contributed by atoms with van der Waals surface area (Å²) in [7, 11) is 0. The Kier molecular flexibility index (Phi) is 2.00. The number of halogens is 2. The first-order valence-electron chi connectivity index (χ1n) is 3.45. The van der Waals surface area contributed by atoms with Gasteiger partial charge in [0.05, 0.1) is 15.1 Å². The van der Waals surface area contributed by atoms with Crippen LogP contribution in [0.5, 0.6) is 0 Å². The molecule has 0 radical (unpaired) electrons. The summed E-state index contributed by atoms with van der Waals surface area (Å²) in [4.78, 5) is 0.120. The van der Waals surface area contributed by atoms with Crippen molar-refractivity contribution in [3.05, 3.63) is 22.4 Å². The van der Waals surface area contributed by atoms with E-state index in [9.17, 15) is 0 Å². The van der Waals surface area contributed by atoms with E-state index in [1.807, 2.05) is 12.1 Å². The summed E-state index contributed by atoms with van der Waals surface area (Å²) < 4.78 is 3.06. The molecule has 1 atom stereocenters. The predicted molar refractivity (Wildman–Crippen MR) is 53.2 cm³/mol. The Morgan fingerprint density at radius 1 is 1.58 bits per heavy atom. The molecule has 0 aromatic carbocycles. The summed E-state index contributed by atoms with van der Waals surface area (Å²) in [5.74, 6) is 0. The molecule has 0 amide bonds. The lowest BCUT2D eigenvalue weighted by Crippen LogP contribution is -2.08. The molecule has 0 aliphatic carbocycles. The average molecular weight is 294 g/mol. The molecule has 1 aliphatic rings. The van der Waals surface area contributed by atoms with Crippen molar-refractivity contribution in [1.29, 1.82) is 0 Å². The van der Waals surface area contributed by atoms with Crippen molar-refractivity contribution >= 4 is 37.6 Å². The molecule has 0 spiro atoms. The molecule has 5 heteroatoms. The van der Waals surface area contributed by atoms with E-state index in [4.69, 9.17) is 5.21 Å². The molecular formula is C7H6Br2N2O. The quantitative estimate of drug-likeness (QED) is 0.444. The van der Waals surface area contributed by atoms with E-state index in [2.05, 4.69) is 41.6 Å². The van der Waals surface area contributed by atoms with E-state index in [0.29, 0.717) is 5.71 Å². The zero-order chi connectivity index (χ0) is 8.72. The molecule has 3 nitrogen and oxygen atoms in total. The number of aromatic nitrogens is 1. The van der Waals surface area contributed by atoms with Gasteiger partial charge in [-0.15, -0.1) is 0 Å². The van der Waals surface area contributed by atoms with Gasteiger partial charge in [-0.25, -0.2) is 0 Å². The van der Waals surface area contributed by atoms with Crippen molar-refractivity contribution < 1.29 is 5.21 Å². The van der Waals surface area contributed by atoms with Crippen LogP contribution in [0.25, 0.3) is 0 Å². The molecule has 2 rings (SSSR count). The lowest BCUT2D eigenvalue weighted by atomic mass is 10.2. The first kappa shape index (κ1) is 8.31. The Morgan fingerprint density at radius 2 is 2.33 bits per heavy atom. The Hall–Kier alpha value is -0.290. The minimum Gasteiger partial charge on any atom is -0.411 e. The summed E-state index contributed by atoms with van der Waals surface area (Å²) in [6.07, 6.45) is 0. The molecular weight excluding hydrogens is 288 g/mol. The topological polar surface area (TPSA) is 37.5 Å². The van der Waals surface area contributed by atoms with E-state index in [1.54, 1.807) is 0 Å². The normalized spacial score (nSPS) is 24.8. The third kappa shape index (κ3) is 1.03. The fourth-order valence-electron chi connectivity index (χ4n) is 1.37. The smallest absolute Gasteiger partial charge is 0.119 e. The van der Waals surface area contributed by atoms with Gasteiger partial charge in [-0.1, -0.05) is 21.1 Å². The molecule has 0 saturated carbocycles. The molecule has 0 bridgehead atoms. The SMILES string of the molecule is O/N=C1/c2ccc(Br)n2CC1Br. The van der Waals surface area contributed by atoms with Crippen molar-refractivity contribution in [2.45, 2.75) is 11.4 Å². The standard InChI is InChI=1S/C7H6Br2N2O/c8-4-3-11-5(7(4)10-12)1-2-6(11)9/h1-2,4,12H,3H2/b10-7+. The van der Waals surface area contributed by atoms with Gasteiger partial charge in [0.2, 0.25) is 0 Å². The van der Waals surface area contributed by atoms with Crippen molar-refractivity contribution in [2.24, 2.45) is 5.16 Å². The lowest BCUT2D eigenvalue weighted by molar-refractivity contribution is 0.318. The van der Waals surface area contributed by atoms with Crippen LogP contribution in [0.3, 0.4) is 0 Å². The number of fused-ring (bicyclic) bond motifs is 1. The van der Waals surface area contributed by atoms with Gasteiger partial charge in [0, 0.05) is 6.54 Å². The summed E-state index contributed by atoms with van der Waals surface area (Å²) in [5.41, 5.74) is 1.66.